The topological polar surface area (TPSA) is 75.6 Å². The Balaban J connectivity index is 1.94. The highest BCUT2D eigenvalue weighted by atomic mass is 19.2. The van der Waals surface area contributed by atoms with Crippen LogP contribution in [0.15, 0.2) is 36.4 Å². The normalized spacial score (nSPS) is 10.6. The summed E-state index contributed by atoms with van der Waals surface area (Å²) in [6.45, 7) is 0.222. The van der Waals surface area contributed by atoms with Crippen LogP contribution in [0.3, 0.4) is 0 Å². The number of nitrogens with one attached hydrogen (secondary N) is 1. The highest BCUT2D eigenvalue weighted by Crippen LogP contribution is 2.17. The van der Waals surface area contributed by atoms with Crippen molar-refractivity contribution >= 4 is 17.6 Å². The standard InChI is InChI=1S/C19H19F2NO4/c1-26-11-13-7-14(19(24)25)10-15(8-13)22-18(23)4-2-3-12-5-6-16(20)17(21)9-12/h5-10H,2-4,11H2,1H3,(H,22,23)(H,24,25). The molecule has 0 atom stereocenters. The maximum Gasteiger partial charge on any atom is 0.335 e. The molecule has 0 bridgehead atoms. The summed E-state index contributed by atoms with van der Waals surface area (Å²) in [5, 5.41) is 11.8. The van der Waals surface area contributed by atoms with E-state index >= 15 is 0 Å². The Labute approximate surface area is 149 Å². The van der Waals surface area contributed by atoms with Gasteiger partial charge < -0.3 is 15.2 Å². The van der Waals surface area contributed by atoms with E-state index in [-0.39, 0.29) is 24.5 Å². The second kappa shape index (κ2) is 9.05. The number of anilines is 1. The smallest absolute Gasteiger partial charge is 0.335 e. The number of benzene rings is 2. The van der Waals surface area contributed by atoms with Gasteiger partial charge in [0.25, 0.3) is 0 Å². The third-order valence-corrected chi connectivity index (χ3v) is 3.69. The fourth-order valence-electron chi connectivity index (χ4n) is 2.51. The first-order valence-electron chi connectivity index (χ1n) is 7.99. The average molecular weight is 363 g/mol. The Morgan fingerprint density at radius 3 is 2.50 bits per heavy atom. The molecule has 0 aliphatic rings. The average Bonchev–Trinajstić information content (AvgIpc) is 2.58. The van der Waals surface area contributed by atoms with Crippen molar-refractivity contribution in [1.29, 1.82) is 0 Å². The maximum atomic E-state index is 13.1. The Morgan fingerprint density at radius 1 is 1.08 bits per heavy atom. The van der Waals surface area contributed by atoms with Gasteiger partial charge in [0.2, 0.25) is 5.91 Å². The summed E-state index contributed by atoms with van der Waals surface area (Å²) >= 11 is 0. The number of halogens is 2. The van der Waals surface area contributed by atoms with Gasteiger partial charge in [-0.15, -0.1) is 0 Å². The number of rotatable bonds is 8. The molecule has 0 aromatic heterocycles. The van der Waals surface area contributed by atoms with E-state index in [2.05, 4.69) is 5.32 Å². The summed E-state index contributed by atoms with van der Waals surface area (Å²) in [7, 11) is 1.49. The predicted octanol–water partition coefficient (Wildman–Crippen LogP) is 3.77. The molecule has 2 aromatic carbocycles. The van der Waals surface area contributed by atoms with E-state index in [9.17, 15) is 18.4 Å². The van der Waals surface area contributed by atoms with Crippen molar-refractivity contribution in [3.63, 3.8) is 0 Å². The minimum Gasteiger partial charge on any atom is -0.478 e. The van der Waals surface area contributed by atoms with Crippen LogP contribution in [0, 0.1) is 11.6 Å². The van der Waals surface area contributed by atoms with Crippen molar-refractivity contribution in [1.82, 2.24) is 0 Å². The SMILES string of the molecule is COCc1cc(NC(=O)CCCc2ccc(F)c(F)c2)cc(C(=O)O)c1. The number of hydrogen-bond acceptors (Lipinski definition) is 3. The fraction of sp³-hybridized carbons (Fsp3) is 0.263. The van der Waals surface area contributed by atoms with Gasteiger partial charge in [-0.3, -0.25) is 4.79 Å². The number of carboxylic acid groups (broad SMARTS) is 1. The summed E-state index contributed by atoms with van der Waals surface area (Å²) in [6.07, 6.45) is 1.03. The zero-order valence-corrected chi connectivity index (χ0v) is 14.2. The number of aromatic carboxylic acids is 1. The third-order valence-electron chi connectivity index (χ3n) is 3.69. The number of amides is 1. The molecular weight excluding hydrogens is 344 g/mol. The molecule has 2 N–H and O–H groups in total. The van der Waals surface area contributed by atoms with Gasteiger partial charge in [-0.2, -0.15) is 0 Å². The fourth-order valence-corrected chi connectivity index (χ4v) is 2.51. The molecule has 0 heterocycles. The van der Waals surface area contributed by atoms with Crippen LogP contribution in [0.4, 0.5) is 14.5 Å². The van der Waals surface area contributed by atoms with Crippen LogP contribution < -0.4 is 5.32 Å². The molecule has 0 saturated heterocycles. The second-order valence-electron chi connectivity index (χ2n) is 5.81. The van der Waals surface area contributed by atoms with Gasteiger partial charge >= 0.3 is 5.97 Å². The van der Waals surface area contributed by atoms with Crippen molar-refractivity contribution in [3.05, 3.63) is 64.7 Å². The number of carboxylic acids is 1. The second-order valence-corrected chi connectivity index (χ2v) is 5.81. The largest absolute Gasteiger partial charge is 0.478 e. The third kappa shape index (κ3) is 5.63. The van der Waals surface area contributed by atoms with Crippen LogP contribution >= 0.6 is 0 Å². The van der Waals surface area contributed by atoms with Crippen LogP contribution in [0.2, 0.25) is 0 Å². The number of ether oxygens (including phenoxy) is 1. The van der Waals surface area contributed by atoms with Crippen molar-refractivity contribution in [2.45, 2.75) is 25.9 Å². The summed E-state index contributed by atoms with van der Waals surface area (Å²) < 4.78 is 31.0. The first kappa shape index (κ1) is 19.5. The van der Waals surface area contributed by atoms with E-state index in [1.165, 1.54) is 25.3 Å². The Hall–Kier alpha value is -2.80. The molecule has 0 fully saturated rings. The van der Waals surface area contributed by atoms with Crippen LogP contribution in [-0.2, 0) is 22.6 Å². The minimum atomic E-state index is -1.10. The van der Waals surface area contributed by atoms with Crippen molar-refractivity contribution in [2.75, 3.05) is 12.4 Å². The van der Waals surface area contributed by atoms with E-state index in [1.54, 1.807) is 6.07 Å². The first-order valence-corrected chi connectivity index (χ1v) is 7.99. The molecule has 5 nitrogen and oxygen atoms in total. The molecule has 1 amide bonds. The zero-order valence-electron chi connectivity index (χ0n) is 14.2. The minimum absolute atomic E-state index is 0.0524. The van der Waals surface area contributed by atoms with Crippen LogP contribution in [0.1, 0.15) is 34.3 Å². The molecule has 138 valence electrons. The molecular formula is C19H19F2NO4. The summed E-state index contributed by atoms with van der Waals surface area (Å²) in [5.74, 6) is -3.21. The highest BCUT2D eigenvalue weighted by molar-refractivity contribution is 5.94. The van der Waals surface area contributed by atoms with Gasteiger partial charge in [0, 0.05) is 19.2 Å². The van der Waals surface area contributed by atoms with Crippen LogP contribution in [0.25, 0.3) is 0 Å². The number of aryl methyl sites for hydroxylation is 1. The van der Waals surface area contributed by atoms with Crippen LogP contribution in [0.5, 0.6) is 0 Å². The lowest BCUT2D eigenvalue weighted by atomic mass is 10.1. The molecule has 0 spiro atoms. The number of methoxy groups -OCH3 is 1. The van der Waals surface area contributed by atoms with Gasteiger partial charge in [-0.1, -0.05) is 6.07 Å². The molecule has 0 unspecified atom stereocenters. The van der Waals surface area contributed by atoms with Gasteiger partial charge in [0.05, 0.1) is 12.2 Å². The molecule has 0 saturated carbocycles. The lowest BCUT2D eigenvalue weighted by Gasteiger charge is -2.09. The van der Waals surface area contributed by atoms with E-state index in [1.807, 2.05) is 0 Å². The number of carbonyl (C=O) groups is 2. The quantitative estimate of drug-likeness (QED) is 0.749. The molecule has 0 aliphatic carbocycles. The molecule has 26 heavy (non-hydrogen) atoms. The molecule has 0 radical (unpaired) electrons. The van der Waals surface area contributed by atoms with Gasteiger partial charge in [-0.25, -0.2) is 13.6 Å². The van der Waals surface area contributed by atoms with Gasteiger partial charge in [-0.05, 0) is 54.3 Å². The maximum absolute atomic E-state index is 13.1. The van der Waals surface area contributed by atoms with Crippen molar-refractivity contribution in [3.8, 4) is 0 Å². The van der Waals surface area contributed by atoms with E-state index in [0.29, 0.717) is 29.7 Å². The first-order chi connectivity index (χ1) is 12.4. The molecule has 2 aromatic rings. The van der Waals surface area contributed by atoms with E-state index < -0.39 is 17.6 Å². The lowest BCUT2D eigenvalue weighted by Crippen LogP contribution is -2.13. The molecule has 0 aliphatic heterocycles. The summed E-state index contributed by atoms with van der Waals surface area (Å²) in [4.78, 5) is 23.2. The Morgan fingerprint density at radius 2 is 1.85 bits per heavy atom. The van der Waals surface area contributed by atoms with Crippen molar-refractivity contribution < 1.29 is 28.2 Å². The lowest BCUT2D eigenvalue weighted by molar-refractivity contribution is -0.116. The Bertz CT molecular complexity index is 808. The highest BCUT2D eigenvalue weighted by Gasteiger charge is 2.10. The van der Waals surface area contributed by atoms with E-state index in [0.717, 1.165) is 12.1 Å². The Kier molecular flexibility index (Phi) is 6.80. The predicted molar refractivity (Wildman–Crippen MR) is 92.0 cm³/mol. The van der Waals surface area contributed by atoms with Gasteiger partial charge in [0.15, 0.2) is 11.6 Å². The monoisotopic (exact) mass is 363 g/mol. The number of hydrogen-bond donors (Lipinski definition) is 2. The number of carbonyl (C=O) groups excluding carboxylic acids is 1. The summed E-state index contributed by atoms with van der Waals surface area (Å²) in [5.41, 5.74) is 1.66. The van der Waals surface area contributed by atoms with Crippen LogP contribution in [-0.4, -0.2) is 24.1 Å². The molecule has 2 rings (SSSR count). The molecule has 7 heteroatoms. The van der Waals surface area contributed by atoms with Gasteiger partial charge in [0.1, 0.15) is 0 Å². The van der Waals surface area contributed by atoms with E-state index in [4.69, 9.17) is 9.84 Å². The zero-order chi connectivity index (χ0) is 19.1. The summed E-state index contributed by atoms with van der Waals surface area (Å²) in [6, 6.07) is 8.13. The van der Waals surface area contributed by atoms with Crippen molar-refractivity contribution in [2.24, 2.45) is 0 Å².